The summed E-state index contributed by atoms with van der Waals surface area (Å²) in [6.07, 6.45) is 3.94. The van der Waals surface area contributed by atoms with Crippen LogP contribution in [0.2, 0.25) is 0 Å². The third-order valence-electron chi connectivity index (χ3n) is 5.62. The molecule has 12 heavy (non-hydrogen) atoms. The summed E-state index contributed by atoms with van der Waals surface area (Å²) >= 11 is 0. The van der Waals surface area contributed by atoms with Gasteiger partial charge in [0.1, 0.15) is 0 Å². The summed E-state index contributed by atoms with van der Waals surface area (Å²) in [5.74, 6) is 0. The van der Waals surface area contributed by atoms with Crippen molar-refractivity contribution in [2.45, 2.75) is 53.0 Å². The molecule has 2 rings (SSSR count). The topological polar surface area (TPSA) is 26.0 Å². The van der Waals surface area contributed by atoms with E-state index in [1.165, 1.54) is 19.3 Å². The first-order valence-electron chi connectivity index (χ1n) is 5.09. The Morgan fingerprint density at radius 3 is 1.83 bits per heavy atom. The zero-order chi connectivity index (χ0) is 9.20. The Kier molecular flexibility index (Phi) is 1.35. The van der Waals surface area contributed by atoms with Crippen LogP contribution in [0.3, 0.4) is 0 Å². The van der Waals surface area contributed by atoms with Crippen molar-refractivity contribution in [3.8, 4) is 0 Å². The average molecular weight is 167 g/mol. The Morgan fingerprint density at radius 1 is 1.08 bits per heavy atom. The van der Waals surface area contributed by atoms with Crippen LogP contribution < -0.4 is 5.73 Å². The monoisotopic (exact) mass is 167 g/mol. The molecule has 0 saturated heterocycles. The molecule has 2 bridgehead atoms. The van der Waals surface area contributed by atoms with E-state index in [0.29, 0.717) is 22.3 Å². The van der Waals surface area contributed by atoms with Crippen LogP contribution in [0.5, 0.6) is 0 Å². The molecule has 2 saturated carbocycles. The van der Waals surface area contributed by atoms with Gasteiger partial charge in [0.05, 0.1) is 0 Å². The predicted octanol–water partition coefficient (Wildman–Crippen LogP) is 2.55. The van der Waals surface area contributed by atoms with Crippen molar-refractivity contribution in [1.29, 1.82) is 0 Å². The van der Waals surface area contributed by atoms with Gasteiger partial charge in [0.2, 0.25) is 0 Å². The van der Waals surface area contributed by atoms with E-state index in [1.54, 1.807) is 0 Å². The summed E-state index contributed by atoms with van der Waals surface area (Å²) in [6, 6.07) is 0.436. The van der Waals surface area contributed by atoms with Crippen molar-refractivity contribution in [1.82, 2.24) is 0 Å². The fourth-order valence-corrected chi connectivity index (χ4v) is 3.57. The molecule has 0 aromatic carbocycles. The lowest BCUT2D eigenvalue weighted by Gasteiger charge is -2.39. The van der Waals surface area contributed by atoms with Crippen molar-refractivity contribution < 1.29 is 0 Å². The zero-order valence-electron chi connectivity index (χ0n) is 8.78. The van der Waals surface area contributed by atoms with E-state index in [2.05, 4.69) is 27.7 Å². The number of hydrogen-bond donors (Lipinski definition) is 1. The van der Waals surface area contributed by atoms with Crippen molar-refractivity contribution in [3.63, 3.8) is 0 Å². The third kappa shape index (κ3) is 0.618. The Labute approximate surface area is 75.7 Å². The highest BCUT2D eigenvalue weighted by atomic mass is 14.8. The smallest absolute Gasteiger partial charge is 0.0104 e. The van der Waals surface area contributed by atoms with E-state index in [4.69, 9.17) is 5.73 Å². The molecule has 70 valence electrons. The van der Waals surface area contributed by atoms with E-state index in [0.717, 1.165) is 0 Å². The molecular formula is C11H21N. The molecule has 1 heteroatoms. The molecule has 0 aliphatic heterocycles. The number of rotatable bonds is 0. The van der Waals surface area contributed by atoms with Crippen LogP contribution in [0.4, 0.5) is 0 Å². The average Bonchev–Trinajstić information content (AvgIpc) is 2.18. The summed E-state index contributed by atoms with van der Waals surface area (Å²) in [6.45, 7) is 9.63. The van der Waals surface area contributed by atoms with E-state index >= 15 is 0 Å². The fraction of sp³-hybridized carbons (Fsp3) is 1.00. The van der Waals surface area contributed by atoms with Gasteiger partial charge < -0.3 is 5.73 Å². The largest absolute Gasteiger partial charge is 0.327 e. The fourth-order valence-electron chi connectivity index (χ4n) is 3.57. The van der Waals surface area contributed by atoms with Gasteiger partial charge in [0.25, 0.3) is 0 Å². The van der Waals surface area contributed by atoms with Crippen LogP contribution in [-0.2, 0) is 0 Å². The van der Waals surface area contributed by atoms with Gasteiger partial charge in [-0.25, -0.2) is 0 Å². The van der Waals surface area contributed by atoms with Gasteiger partial charge in [-0.2, -0.15) is 0 Å². The lowest BCUT2D eigenvalue weighted by molar-refractivity contribution is 0.0948. The maximum absolute atomic E-state index is 6.22. The zero-order valence-corrected chi connectivity index (χ0v) is 8.78. The third-order valence-corrected chi connectivity index (χ3v) is 5.62. The number of nitrogens with two attached hydrogens (primary N) is 1. The summed E-state index contributed by atoms with van der Waals surface area (Å²) in [4.78, 5) is 0. The second-order valence-corrected chi connectivity index (χ2v) is 5.91. The molecule has 0 amide bonds. The van der Waals surface area contributed by atoms with Crippen LogP contribution in [0.25, 0.3) is 0 Å². The first kappa shape index (κ1) is 8.55. The highest BCUT2D eigenvalue weighted by molar-refractivity contribution is 5.17. The second kappa shape index (κ2) is 1.89. The van der Waals surface area contributed by atoms with Crippen LogP contribution in [0.1, 0.15) is 47.0 Å². The minimum Gasteiger partial charge on any atom is -0.327 e. The molecule has 0 heterocycles. The maximum atomic E-state index is 6.22. The molecule has 1 nitrogen and oxygen atoms in total. The van der Waals surface area contributed by atoms with E-state index in [-0.39, 0.29) is 0 Å². The first-order chi connectivity index (χ1) is 5.33. The van der Waals surface area contributed by atoms with Crippen LogP contribution in [0, 0.1) is 16.2 Å². The summed E-state index contributed by atoms with van der Waals surface area (Å²) in [5.41, 5.74) is 7.58. The lowest BCUT2D eigenvalue weighted by Crippen LogP contribution is -2.40. The van der Waals surface area contributed by atoms with E-state index < -0.39 is 0 Å². The Balaban J connectivity index is 2.49. The molecule has 2 fully saturated rings. The quantitative estimate of drug-likeness (QED) is 0.589. The van der Waals surface area contributed by atoms with Crippen molar-refractivity contribution in [3.05, 3.63) is 0 Å². The highest BCUT2D eigenvalue weighted by Gasteiger charge is 2.66. The minimum atomic E-state index is 0.405. The molecule has 0 unspecified atom stereocenters. The molecule has 0 aromatic heterocycles. The van der Waals surface area contributed by atoms with Crippen molar-refractivity contribution >= 4 is 0 Å². The van der Waals surface area contributed by atoms with Gasteiger partial charge in [0.15, 0.2) is 0 Å². The summed E-state index contributed by atoms with van der Waals surface area (Å²) < 4.78 is 0. The predicted molar refractivity (Wildman–Crippen MR) is 51.8 cm³/mol. The number of fused-ring (bicyclic) bond motifs is 2. The molecule has 2 N–H and O–H groups in total. The van der Waals surface area contributed by atoms with Gasteiger partial charge in [-0.05, 0) is 35.5 Å². The minimum absolute atomic E-state index is 0.405. The molecular weight excluding hydrogens is 146 g/mol. The maximum Gasteiger partial charge on any atom is 0.0104 e. The summed E-state index contributed by atoms with van der Waals surface area (Å²) in [7, 11) is 0. The second-order valence-electron chi connectivity index (χ2n) is 5.91. The Hall–Kier alpha value is -0.0400. The molecule has 2 aliphatic carbocycles. The standard InChI is InChI=1S/C11H21N/c1-9(2)10(3)5-6-11(9,4)8(12)7-10/h8H,5-7,12H2,1-4H3/t8-,10+,11-/m0/s1. The Morgan fingerprint density at radius 2 is 1.67 bits per heavy atom. The normalized spacial score (nSPS) is 56.2. The summed E-state index contributed by atoms with van der Waals surface area (Å²) in [5, 5.41) is 0. The Bertz CT molecular complexity index is 218. The number of hydrogen-bond acceptors (Lipinski definition) is 1. The molecule has 0 spiro atoms. The van der Waals surface area contributed by atoms with Gasteiger partial charge in [-0.3, -0.25) is 0 Å². The van der Waals surface area contributed by atoms with Gasteiger partial charge >= 0.3 is 0 Å². The highest BCUT2D eigenvalue weighted by Crippen LogP contribution is 2.71. The SMILES string of the molecule is CC1(C)[C@]2(C)CC[C@@]1(C)[C@@H](N)C2. The van der Waals surface area contributed by atoms with Crippen LogP contribution in [0.15, 0.2) is 0 Å². The van der Waals surface area contributed by atoms with Crippen molar-refractivity contribution in [2.24, 2.45) is 22.0 Å². The molecule has 2 aliphatic rings. The van der Waals surface area contributed by atoms with Gasteiger partial charge in [-0.1, -0.05) is 27.7 Å². The van der Waals surface area contributed by atoms with E-state index in [9.17, 15) is 0 Å². The van der Waals surface area contributed by atoms with Gasteiger partial charge in [0, 0.05) is 6.04 Å². The molecule has 0 aromatic rings. The van der Waals surface area contributed by atoms with Gasteiger partial charge in [-0.15, -0.1) is 0 Å². The molecule has 3 atom stereocenters. The lowest BCUT2D eigenvalue weighted by atomic mass is 9.65. The van der Waals surface area contributed by atoms with Crippen molar-refractivity contribution in [2.75, 3.05) is 0 Å². The van der Waals surface area contributed by atoms with Crippen LogP contribution >= 0.6 is 0 Å². The first-order valence-corrected chi connectivity index (χ1v) is 5.09. The molecule has 0 radical (unpaired) electrons. The van der Waals surface area contributed by atoms with Crippen LogP contribution in [-0.4, -0.2) is 6.04 Å². The van der Waals surface area contributed by atoms with E-state index in [1.807, 2.05) is 0 Å².